The number of benzene rings is 1. The van der Waals surface area contributed by atoms with Crippen molar-refractivity contribution in [2.45, 2.75) is 18.9 Å². The van der Waals surface area contributed by atoms with Crippen LogP contribution in [0.15, 0.2) is 29.8 Å². The summed E-state index contributed by atoms with van der Waals surface area (Å²) in [4.78, 5) is 19.5. The number of hydrogen-bond acceptors (Lipinski definition) is 5. The van der Waals surface area contributed by atoms with Crippen LogP contribution < -0.4 is 5.32 Å². The first-order chi connectivity index (χ1) is 12.3. The van der Waals surface area contributed by atoms with E-state index >= 15 is 0 Å². The number of fused-ring (bicyclic) bond motifs is 4. The predicted octanol–water partition coefficient (Wildman–Crippen LogP) is 2.51. The zero-order valence-corrected chi connectivity index (χ0v) is 14.6. The number of nitrogens with zero attached hydrogens (tertiary/aromatic N) is 3. The quantitative estimate of drug-likeness (QED) is 0.759. The molecule has 0 spiro atoms. The van der Waals surface area contributed by atoms with Crippen LogP contribution in [0.2, 0.25) is 0 Å². The van der Waals surface area contributed by atoms with Crippen molar-refractivity contribution in [1.29, 1.82) is 0 Å². The lowest BCUT2D eigenvalue weighted by Gasteiger charge is -2.44. The highest BCUT2D eigenvalue weighted by molar-refractivity contribution is 7.13. The molecule has 25 heavy (non-hydrogen) atoms. The van der Waals surface area contributed by atoms with E-state index in [1.807, 2.05) is 23.6 Å². The molecule has 0 saturated carbocycles. The number of hydrogen-bond donors (Lipinski definition) is 2. The zero-order chi connectivity index (χ0) is 16.8. The molecule has 0 radical (unpaired) electrons. The van der Waals surface area contributed by atoms with Gasteiger partial charge in [-0.05, 0) is 44.0 Å². The Balaban J connectivity index is 1.40. The Morgan fingerprint density at radius 3 is 2.92 bits per heavy atom. The maximum Gasteiger partial charge on any atom is 0.272 e. The van der Waals surface area contributed by atoms with Crippen LogP contribution in [0.5, 0.6) is 0 Å². The average molecular weight is 353 g/mol. The summed E-state index contributed by atoms with van der Waals surface area (Å²) >= 11 is 1.60. The standard InChI is InChI=1S/C18H19N5OS/c24-17(20-15-10-23-6-3-11(15)4-7-23)16-13-2-1-12(9-14(13)21-22-16)18-19-5-8-25-18/h1-2,5,8-9,11,15H,3-4,6-7,10H2,(H,20,24)(H,21,22). The lowest BCUT2D eigenvalue weighted by molar-refractivity contribution is 0.0618. The molecule has 1 amide bonds. The highest BCUT2D eigenvalue weighted by Gasteiger charge is 2.35. The van der Waals surface area contributed by atoms with Crippen molar-refractivity contribution < 1.29 is 4.79 Å². The van der Waals surface area contributed by atoms with Gasteiger partial charge in [0.2, 0.25) is 0 Å². The third kappa shape index (κ3) is 2.63. The Morgan fingerprint density at radius 2 is 2.20 bits per heavy atom. The van der Waals surface area contributed by atoms with Gasteiger partial charge < -0.3 is 10.2 Å². The lowest BCUT2D eigenvalue weighted by Crippen LogP contribution is -2.57. The van der Waals surface area contributed by atoms with Crippen LogP contribution in [-0.4, -0.2) is 51.7 Å². The number of rotatable bonds is 3. The number of nitrogens with one attached hydrogen (secondary N) is 2. The second-order valence-electron chi connectivity index (χ2n) is 6.89. The fourth-order valence-electron chi connectivity index (χ4n) is 4.06. The summed E-state index contributed by atoms with van der Waals surface area (Å²) in [6.45, 7) is 3.30. The molecule has 3 aromatic rings. The molecule has 2 bridgehead atoms. The first-order valence-corrected chi connectivity index (χ1v) is 9.57. The summed E-state index contributed by atoms with van der Waals surface area (Å²) in [6.07, 6.45) is 4.16. The molecule has 2 N–H and O–H groups in total. The van der Waals surface area contributed by atoms with Gasteiger partial charge in [0.15, 0.2) is 5.69 Å². The first-order valence-electron chi connectivity index (χ1n) is 8.69. The minimum absolute atomic E-state index is 0.0769. The largest absolute Gasteiger partial charge is 0.346 e. The van der Waals surface area contributed by atoms with Gasteiger partial charge in [0.25, 0.3) is 5.91 Å². The summed E-state index contributed by atoms with van der Waals surface area (Å²) < 4.78 is 0. The van der Waals surface area contributed by atoms with E-state index in [1.54, 1.807) is 17.5 Å². The zero-order valence-electron chi connectivity index (χ0n) is 13.7. The van der Waals surface area contributed by atoms with Gasteiger partial charge in [0.1, 0.15) is 5.01 Å². The number of carbonyl (C=O) groups is 1. The van der Waals surface area contributed by atoms with Crippen LogP contribution in [0, 0.1) is 5.92 Å². The molecule has 128 valence electrons. The van der Waals surface area contributed by atoms with E-state index in [0.717, 1.165) is 28.0 Å². The minimum Gasteiger partial charge on any atom is -0.346 e. The van der Waals surface area contributed by atoms with Crippen molar-refractivity contribution in [3.8, 4) is 10.6 Å². The Kier molecular flexibility index (Phi) is 3.57. The van der Waals surface area contributed by atoms with Gasteiger partial charge in [-0.15, -0.1) is 11.3 Å². The summed E-state index contributed by atoms with van der Waals surface area (Å²) in [7, 11) is 0. The number of aromatic nitrogens is 3. The van der Waals surface area contributed by atoms with E-state index in [2.05, 4.69) is 25.4 Å². The second kappa shape index (κ2) is 5.93. The smallest absolute Gasteiger partial charge is 0.272 e. The molecule has 3 aliphatic heterocycles. The van der Waals surface area contributed by atoms with Crippen molar-refractivity contribution in [3.05, 3.63) is 35.5 Å². The van der Waals surface area contributed by atoms with Gasteiger partial charge in [-0.25, -0.2) is 4.98 Å². The molecule has 2 aromatic heterocycles. The summed E-state index contributed by atoms with van der Waals surface area (Å²) in [5.41, 5.74) is 2.39. The number of aromatic amines is 1. The van der Waals surface area contributed by atoms with E-state index in [-0.39, 0.29) is 11.9 Å². The van der Waals surface area contributed by atoms with Crippen molar-refractivity contribution in [3.63, 3.8) is 0 Å². The van der Waals surface area contributed by atoms with Crippen molar-refractivity contribution in [2.24, 2.45) is 5.92 Å². The summed E-state index contributed by atoms with van der Waals surface area (Å²) in [6, 6.07) is 6.21. The molecule has 5 heterocycles. The molecule has 1 atom stereocenters. The molecule has 6 rings (SSSR count). The average Bonchev–Trinajstić information content (AvgIpc) is 3.32. The van der Waals surface area contributed by atoms with E-state index in [0.29, 0.717) is 11.6 Å². The van der Waals surface area contributed by atoms with Gasteiger partial charge in [-0.1, -0.05) is 6.07 Å². The fourth-order valence-corrected chi connectivity index (χ4v) is 4.69. The minimum atomic E-state index is -0.0769. The van der Waals surface area contributed by atoms with E-state index in [1.165, 1.54) is 25.9 Å². The number of carbonyl (C=O) groups excluding carboxylic acids is 1. The van der Waals surface area contributed by atoms with Gasteiger partial charge in [-0.2, -0.15) is 5.10 Å². The normalized spacial score (nSPS) is 25.4. The van der Waals surface area contributed by atoms with Crippen LogP contribution in [0.4, 0.5) is 0 Å². The summed E-state index contributed by atoms with van der Waals surface area (Å²) in [5, 5.41) is 14.3. The third-order valence-electron chi connectivity index (χ3n) is 5.43. The Bertz CT molecular complexity index is 911. The number of thiazole rings is 1. The Labute approximate surface area is 149 Å². The van der Waals surface area contributed by atoms with Gasteiger partial charge in [0.05, 0.1) is 5.52 Å². The molecule has 7 heteroatoms. The van der Waals surface area contributed by atoms with E-state index < -0.39 is 0 Å². The topological polar surface area (TPSA) is 73.9 Å². The monoisotopic (exact) mass is 353 g/mol. The molecule has 1 unspecified atom stereocenters. The van der Waals surface area contributed by atoms with Crippen LogP contribution in [-0.2, 0) is 0 Å². The van der Waals surface area contributed by atoms with Crippen LogP contribution in [0.3, 0.4) is 0 Å². The maximum atomic E-state index is 12.8. The van der Waals surface area contributed by atoms with Crippen molar-refractivity contribution in [2.75, 3.05) is 19.6 Å². The SMILES string of the molecule is O=C(NC1CN2CCC1CC2)c1n[nH]c2cc(-c3nccs3)ccc12. The lowest BCUT2D eigenvalue weighted by atomic mass is 9.84. The molecule has 3 aliphatic rings. The molecule has 6 nitrogen and oxygen atoms in total. The van der Waals surface area contributed by atoms with E-state index in [4.69, 9.17) is 0 Å². The Morgan fingerprint density at radius 1 is 1.32 bits per heavy atom. The molecule has 3 fully saturated rings. The number of piperidine rings is 3. The molecule has 1 aromatic carbocycles. The molecular formula is C18H19N5OS. The maximum absolute atomic E-state index is 12.8. The van der Waals surface area contributed by atoms with Gasteiger partial charge in [0, 0.05) is 35.1 Å². The fraction of sp³-hybridized carbons (Fsp3) is 0.389. The van der Waals surface area contributed by atoms with E-state index in [9.17, 15) is 4.79 Å². The van der Waals surface area contributed by atoms with Crippen LogP contribution >= 0.6 is 11.3 Å². The Hall–Kier alpha value is -2.25. The highest BCUT2D eigenvalue weighted by atomic mass is 32.1. The second-order valence-corrected chi connectivity index (χ2v) is 7.78. The molecular weight excluding hydrogens is 334 g/mol. The first kappa shape index (κ1) is 15.0. The van der Waals surface area contributed by atoms with Crippen molar-refractivity contribution >= 4 is 28.1 Å². The van der Waals surface area contributed by atoms with Crippen molar-refractivity contribution in [1.82, 2.24) is 25.4 Å². The third-order valence-corrected chi connectivity index (χ3v) is 6.25. The number of amides is 1. The van der Waals surface area contributed by atoms with Crippen LogP contribution in [0.1, 0.15) is 23.3 Å². The van der Waals surface area contributed by atoms with Gasteiger partial charge in [-0.3, -0.25) is 9.89 Å². The van der Waals surface area contributed by atoms with Gasteiger partial charge >= 0.3 is 0 Å². The summed E-state index contributed by atoms with van der Waals surface area (Å²) in [5.74, 6) is 0.530. The molecule has 3 saturated heterocycles. The number of H-pyrrole nitrogens is 1. The predicted molar refractivity (Wildman–Crippen MR) is 97.6 cm³/mol. The van der Waals surface area contributed by atoms with Crippen LogP contribution in [0.25, 0.3) is 21.5 Å². The highest BCUT2D eigenvalue weighted by Crippen LogP contribution is 2.29. The molecule has 0 aliphatic carbocycles.